The van der Waals surface area contributed by atoms with E-state index in [-0.39, 0.29) is 0 Å². The van der Waals surface area contributed by atoms with Crippen molar-refractivity contribution >= 4 is 11.6 Å². The summed E-state index contributed by atoms with van der Waals surface area (Å²) in [4.78, 5) is 2.58. The van der Waals surface area contributed by atoms with E-state index in [1.807, 2.05) is 18.2 Å². The fourth-order valence-corrected chi connectivity index (χ4v) is 3.64. The van der Waals surface area contributed by atoms with Crippen LogP contribution in [0, 0.1) is 0 Å². The van der Waals surface area contributed by atoms with E-state index in [9.17, 15) is 0 Å². The molecule has 0 bridgehead atoms. The Morgan fingerprint density at radius 2 is 1.64 bits per heavy atom. The summed E-state index contributed by atoms with van der Waals surface area (Å²) in [6.45, 7) is 4.24. The van der Waals surface area contributed by atoms with Crippen LogP contribution in [0.2, 0.25) is 5.02 Å². The molecule has 25 heavy (non-hydrogen) atoms. The molecule has 0 saturated carbocycles. The summed E-state index contributed by atoms with van der Waals surface area (Å²) in [5, 5.41) is 0.793. The standard InChI is InChI=1S/C22H28ClNO/c23-21-10-11-22(25-17-13-19-8-4-3-5-9-19)20(18-21)12-16-24-14-6-1-2-7-15-24/h3-5,8-11,18H,1-2,6-7,12-17H2. The number of nitrogens with zero attached hydrogens (tertiary/aromatic N) is 1. The van der Waals surface area contributed by atoms with Crippen LogP contribution in [0.3, 0.4) is 0 Å². The number of rotatable bonds is 7. The molecule has 0 unspecified atom stereocenters. The average Bonchev–Trinajstić information content (AvgIpc) is 2.91. The first-order valence-corrected chi connectivity index (χ1v) is 9.86. The molecule has 3 heteroatoms. The lowest BCUT2D eigenvalue weighted by Crippen LogP contribution is -2.27. The highest BCUT2D eigenvalue weighted by atomic mass is 35.5. The van der Waals surface area contributed by atoms with Crippen molar-refractivity contribution in [3.05, 3.63) is 64.7 Å². The molecule has 0 amide bonds. The largest absolute Gasteiger partial charge is 0.493 e. The zero-order chi connectivity index (χ0) is 17.3. The molecule has 0 atom stereocenters. The molecule has 3 rings (SSSR count). The summed E-state index contributed by atoms with van der Waals surface area (Å²) in [5.74, 6) is 0.982. The SMILES string of the molecule is Clc1ccc(OCCc2ccccc2)c(CCN2CCCCCC2)c1. The number of halogens is 1. The lowest BCUT2D eigenvalue weighted by molar-refractivity contribution is 0.283. The summed E-state index contributed by atoms with van der Waals surface area (Å²) in [5.41, 5.74) is 2.53. The van der Waals surface area contributed by atoms with E-state index in [2.05, 4.69) is 35.2 Å². The molecule has 1 aliphatic heterocycles. The minimum absolute atomic E-state index is 0.697. The second kappa shape index (κ2) is 9.84. The van der Waals surface area contributed by atoms with Gasteiger partial charge in [-0.1, -0.05) is 54.8 Å². The molecular formula is C22H28ClNO. The van der Waals surface area contributed by atoms with Crippen LogP contribution in [0.15, 0.2) is 48.5 Å². The molecule has 0 spiro atoms. The fourth-order valence-electron chi connectivity index (χ4n) is 3.45. The van der Waals surface area contributed by atoms with Crippen molar-refractivity contribution in [2.75, 3.05) is 26.2 Å². The van der Waals surface area contributed by atoms with Gasteiger partial charge in [-0.05, 0) is 61.7 Å². The molecular weight excluding hydrogens is 330 g/mol. The molecule has 0 radical (unpaired) electrons. The van der Waals surface area contributed by atoms with Gasteiger partial charge in [0.15, 0.2) is 0 Å². The van der Waals surface area contributed by atoms with E-state index in [1.165, 1.54) is 49.9 Å². The van der Waals surface area contributed by atoms with Gasteiger partial charge in [0.1, 0.15) is 5.75 Å². The third kappa shape index (κ3) is 6.05. The van der Waals surface area contributed by atoms with Crippen molar-refractivity contribution < 1.29 is 4.74 Å². The maximum Gasteiger partial charge on any atom is 0.122 e. The van der Waals surface area contributed by atoms with E-state index in [1.54, 1.807) is 0 Å². The van der Waals surface area contributed by atoms with E-state index >= 15 is 0 Å². The van der Waals surface area contributed by atoms with Gasteiger partial charge in [-0.2, -0.15) is 0 Å². The monoisotopic (exact) mass is 357 g/mol. The molecule has 1 heterocycles. The van der Waals surface area contributed by atoms with Crippen LogP contribution in [0.4, 0.5) is 0 Å². The molecule has 0 aromatic heterocycles. The topological polar surface area (TPSA) is 12.5 Å². The van der Waals surface area contributed by atoms with Crippen LogP contribution < -0.4 is 4.74 Å². The molecule has 0 N–H and O–H groups in total. The normalized spacial score (nSPS) is 15.7. The van der Waals surface area contributed by atoms with Crippen LogP contribution >= 0.6 is 11.6 Å². The van der Waals surface area contributed by atoms with Gasteiger partial charge in [0, 0.05) is 18.0 Å². The molecule has 1 saturated heterocycles. The van der Waals surface area contributed by atoms with Gasteiger partial charge in [-0.3, -0.25) is 0 Å². The quantitative estimate of drug-likeness (QED) is 0.659. The van der Waals surface area contributed by atoms with Gasteiger partial charge < -0.3 is 9.64 Å². The van der Waals surface area contributed by atoms with Gasteiger partial charge in [-0.15, -0.1) is 0 Å². The van der Waals surface area contributed by atoms with Crippen molar-refractivity contribution in [1.29, 1.82) is 0 Å². The summed E-state index contributed by atoms with van der Waals surface area (Å²) in [7, 11) is 0. The summed E-state index contributed by atoms with van der Waals surface area (Å²) in [6.07, 6.45) is 7.34. The van der Waals surface area contributed by atoms with Gasteiger partial charge in [0.2, 0.25) is 0 Å². The Labute approximate surface area is 156 Å². The summed E-state index contributed by atoms with van der Waals surface area (Å²) >= 11 is 6.23. The van der Waals surface area contributed by atoms with E-state index in [0.29, 0.717) is 6.61 Å². The summed E-state index contributed by atoms with van der Waals surface area (Å²) in [6, 6.07) is 16.5. The molecule has 2 nitrogen and oxygen atoms in total. The predicted octanol–water partition coefficient (Wildman–Crippen LogP) is 5.38. The minimum Gasteiger partial charge on any atom is -0.493 e. The van der Waals surface area contributed by atoms with Gasteiger partial charge in [-0.25, -0.2) is 0 Å². The van der Waals surface area contributed by atoms with Gasteiger partial charge >= 0.3 is 0 Å². The van der Waals surface area contributed by atoms with Crippen molar-refractivity contribution in [2.24, 2.45) is 0 Å². The molecule has 1 fully saturated rings. The van der Waals surface area contributed by atoms with Crippen LogP contribution in [0.25, 0.3) is 0 Å². The number of hydrogen-bond acceptors (Lipinski definition) is 2. The van der Waals surface area contributed by atoms with Crippen LogP contribution in [0.5, 0.6) is 5.75 Å². The Kier molecular flexibility index (Phi) is 7.20. The molecule has 2 aromatic rings. The minimum atomic E-state index is 0.697. The van der Waals surface area contributed by atoms with Crippen molar-refractivity contribution in [3.63, 3.8) is 0 Å². The van der Waals surface area contributed by atoms with Crippen molar-refractivity contribution in [3.8, 4) is 5.75 Å². The van der Waals surface area contributed by atoms with Crippen LogP contribution in [0.1, 0.15) is 36.8 Å². The highest BCUT2D eigenvalue weighted by Crippen LogP contribution is 2.24. The number of ether oxygens (including phenoxy) is 1. The third-order valence-electron chi connectivity index (χ3n) is 4.91. The predicted molar refractivity (Wildman–Crippen MR) is 106 cm³/mol. The number of hydrogen-bond donors (Lipinski definition) is 0. The highest BCUT2D eigenvalue weighted by Gasteiger charge is 2.11. The van der Waals surface area contributed by atoms with Crippen LogP contribution in [-0.4, -0.2) is 31.1 Å². The second-order valence-electron chi connectivity index (χ2n) is 6.84. The number of likely N-dealkylation sites (tertiary alicyclic amines) is 1. The zero-order valence-electron chi connectivity index (χ0n) is 14.9. The van der Waals surface area contributed by atoms with Crippen molar-refractivity contribution in [1.82, 2.24) is 4.90 Å². The maximum absolute atomic E-state index is 6.23. The number of benzene rings is 2. The molecule has 2 aromatic carbocycles. The lowest BCUT2D eigenvalue weighted by atomic mass is 10.1. The van der Waals surface area contributed by atoms with Crippen LogP contribution in [-0.2, 0) is 12.8 Å². The molecule has 1 aliphatic rings. The third-order valence-corrected chi connectivity index (χ3v) is 5.14. The lowest BCUT2D eigenvalue weighted by Gasteiger charge is -2.20. The first-order chi connectivity index (χ1) is 12.3. The Morgan fingerprint density at radius 3 is 2.40 bits per heavy atom. The smallest absolute Gasteiger partial charge is 0.122 e. The fraction of sp³-hybridized carbons (Fsp3) is 0.455. The Morgan fingerprint density at radius 1 is 0.880 bits per heavy atom. The van der Waals surface area contributed by atoms with Gasteiger partial charge in [0.05, 0.1) is 6.61 Å². The molecule has 0 aliphatic carbocycles. The zero-order valence-corrected chi connectivity index (χ0v) is 15.7. The highest BCUT2D eigenvalue weighted by molar-refractivity contribution is 6.30. The maximum atomic E-state index is 6.23. The van der Waals surface area contributed by atoms with E-state index < -0.39 is 0 Å². The summed E-state index contributed by atoms with van der Waals surface area (Å²) < 4.78 is 6.08. The second-order valence-corrected chi connectivity index (χ2v) is 7.28. The molecule has 134 valence electrons. The Balaban J connectivity index is 1.55. The van der Waals surface area contributed by atoms with Crippen molar-refractivity contribution in [2.45, 2.75) is 38.5 Å². The van der Waals surface area contributed by atoms with E-state index in [0.717, 1.165) is 30.2 Å². The average molecular weight is 358 g/mol. The van der Waals surface area contributed by atoms with E-state index in [4.69, 9.17) is 16.3 Å². The first kappa shape index (κ1) is 18.3. The first-order valence-electron chi connectivity index (χ1n) is 9.49. The van der Waals surface area contributed by atoms with Gasteiger partial charge in [0.25, 0.3) is 0 Å². The Bertz CT molecular complexity index is 636. The Hall–Kier alpha value is -1.51.